The predicted molar refractivity (Wildman–Crippen MR) is 85.9 cm³/mol. The fraction of sp³-hybridized carbons (Fsp3) is 0.529. The Kier molecular flexibility index (Phi) is 4.71. The van der Waals surface area contributed by atoms with E-state index in [1.165, 1.54) is 52.6 Å². The van der Waals surface area contributed by atoms with Crippen molar-refractivity contribution in [2.45, 2.75) is 45.3 Å². The van der Waals surface area contributed by atoms with Crippen molar-refractivity contribution in [3.8, 4) is 0 Å². The Hall–Kier alpha value is -0.900. The zero-order valence-corrected chi connectivity index (χ0v) is 12.8. The molecule has 1 aromatic heterocycles. The Morgan fingerprint density at radius 2 is 1.95 bits per heavy atom. The zero-order chi connectivity index (χ0) is 13.8. The SMILES string of the molecule is NCc1sc2ccccc2c1COCC1CCCCC1. The van der Waals surface area contributed by atoms with Crippen molar-refractivity contribution in [1.29, 1.82) is 0 Å². The summed E-state index contributed by atoms with van der Waals surface area (Å²) >= 11 is 1.80. The summed E-state index contributed by atoms with van der Waals surface area (Å²) in [7, 11) is 0. The Morgan fingerprint density at radius 3 is 2.75 bits per heavy atom. The van der Waals surface area contributed by atoms with Gasteiger partial charge in [0.25, 0.3) is 0 Å². The molecule has 2 N–H and O–H groups in total. The average Bonchev–Trinajstić information content (AvgIpc) is 2.87. The summed E-state index contributed by atoms with van der Waals surface area (Å²) < 4.78 is 7.34. The van der Waals surface area contributed by atoms with Gasteiger partial charge in [-0.25, -0.2) is 0 Å². The number of fused-ring (bicyclic) bond motifs is 1. The van der Waals surface area contributed by atoms with Crippen LogP contribution in [0.3, 0.4) is 0 Å². The molecular weight excluding hydrogens is 266 g/mol. The first-order valence-electron chi connectivity index (χ1n) is 7.65. The van der Waals surface area contributed by atoms with Gasteiger partial charge in [0.2, 0.25) is 0 Å². The zero-order valence-electron chi connectivity index (χ0n) is 11.9. The number of rotatable bonds is 5. The molecule has 1 aromatic carbocycles. The Balaban J connectivity index is 1.66. The summed E-state index contributed by atoms with van der Waals surface area (Å²) in [5.41, 5.74) is 7.19. The van der Waals surface area contributed by atoms with Gasteiger partial charge in [-0.05, 0) is 30.2 Å². The van der Waals surface area contributed by atoms with Crippen molar-refractivity contribution in [2.75, 3.05) is 6.61 Å². The van der Waals surface area contributed by atoms with E-state index in [9.17, 15) is 0 Å². The van der Waals surface area contributed by atoms with E-state index in [-0.39, 0.29) is 0 Å². The van der Waals surface area contributed by atoms with Gasteiger partial charge in [0.1, 0.15) is 0 Å². The highest BCUT2D eigenvalue weighted by Gasteiger charge is 2.15. The van der Waals surface area contributed by atoms with Gasteiger partial charge >= 0.3 is 0 Å². The van der Waals surface area contributed by atoms with E-state index < -0.39 is 0 Å². The molecule has 3 rings (SSSR count). The molecule has 0 amide bonds. The summed E-state index contributed by atoms with van der Waals surface area (Å²) in [6, 6.07) is 8.54. The molecule has 0 bridgehead atoms. The van der Waals surface area contributed by atoms with Crippen molar-refractivity contribution >= 4 is 21.4 Å². The van der Waals surface area contributed by atoms with Gasteiger partial charge in [-0.1, -0.05) is 37.5 Å². The number of ether oxygens (including phenoxy) is 1. The fourth-order valence-electron chi connectivity index (χ4n) is 3.15. The largest absolute Gasteiger partial charge is 0.376 e. The lowest BCUT2D eigenvalue weighted by Crippen LogP contribution is -2.13. The maximum Gasteiger partial charge on any atom is 0.0734 e. The maximum absolute atomic E-state index is 6.02. The lowest BCUT2D eigenvalue weighted by molar-refractivity contribution is 0.0744. The molecule has 1 heterocycles. The van der Waals surface area contributed by atoms with Crippen LogP contribution >= 0.6 is 11.3 Å². The number of hydrogen-bond acceptors (Lipinski definition) is 3. The molecule has 20 heavy (non-hydrogen) atoms. The van der Waals surface area contributed by atoms with Gasteiger partial charge in [0, 0.05) is 28.3 Å². The van der Waals surface area contributed by atoms with Crippen molar-refractivity contribution < 1.29 is 4.74 Å². The summed E-state index contributed by atoms with van der Waals surface area (Å²) in [6.07, 6.45) is 6.85. The first kappa shape index (κ1) is 14.1. The number of thiophene rings is 1. The molecule has 1 aliphatic carbocycles. The van der Waals surface area contributed by atoms with Gasteiger partial charge in [-0.3, -0.25) is 0 Å². The van der Waals surface area contributed by atoms with Crippen LogP contribution < -0.4 is 5.73 Å². The Labute approximate surface area is 124 Å². The molecule has 0 atom stereocenters. The van der Waals surface area contributed by atoms with Crippen LogP contribution in [-0.4, -0.2) is 6.61 Å². The van der Waals surface area contributed by atoms with Crippen LogP contribution in [0.15, 0.2) is 24.3 Å². The molecule has 0 saturated heterocycles. The number of benzene rings is 1. The van der Waals surface area contributed by atoms with Crippen LogP contribution in [0.4, 0.5) is 0 Å². The molecule has 0 spiro atoms. The lowest BCUT2D eigenvalue weighted by Gasteiger charge is -2.21. The van der Waals surface area contributed by atoms with Gasteiger partial charge in [0.15, 0.2) is 0 Å². The van der Waals surface area contributed by atoms with Crippen LogP contribution in [0.1, 0.15) is 42.5 Å². The van der Waals surface area contributed by atoms with Crippen molar-refractivity contribution in [3.05, 3.63) is 34.7 Å². The second kappa shape index (κ2) is 6.70. The molecular formula is C17H23NOS. The first-order chi connectivity index (χ1) is 9.88. The minimum absolute atomic E-state index is 0.613. The molecule has 3 heteroatoms. The third-order valence-corrected chi connectivity index (χ3v) is 5.53. The van der Waals surface area contributed by atoms with Crippen LogP contribution in [0, 0.1) is 5.92 Å². The molecule has 2 nitrogen and oxygen atoms in total. The van der Waals surface area contributed by atoms with E-state index >= 15 is 0 Å². The molecule has 0 radical (unpaired) electrons. The number of nitrogens with two attached hydrogens (primary N) is 1. The topological polar surface area (TPSA) is 35.2 Å². The third-order valence-electron chi connectivity index (χ3n) is 4.29. The normalized spacial score (nSPS) is 16.9. The smallest absolute Gasteiger partial charge is 0.0734 e. The van der Waals surface area contributed by atoms with Gasteiger partial charge in [-0.15, -0.1) is 11.3 Å². The van der Waals surface area contributed by atoms with E-state index in [0.717, 1.165) is 12.5 Å². The second-order valence-corrected chi connectivity index (χ2v) is 6.86. The maximum atomic E-state index is 6.02. The van der Waals surface area contributed by atoms with Gasteiger partial charge in [-0.2, -0.15) is 0 Å². The standard InChI is InChI=1S/C17H23NOS/c18-10-17-15(14-8-4-5-9-16(14)20-17)12-19-11-13-6-2-1-3-7-13/h4-5,8-9,13H,1-3,6-7,10-12,18H2. The Bertz CT molecular complexity index is 557. The molecule has 1 saturated carbocycles. The highest BCUT2D eigenvalue weighted by atomic mass is 32.1. The van der Waals surface area contributed by atoms with E-state index in [2.05, 4.69) is 24.3 Å². The second-order valence-electron chi connectivity index (χ2n) is 5.72. The summed E-state index contributed by atoms with van der Waals surface area (Å²) in [4.78, 5) is 1.27. The minimum Gasteiger partial charge on any atom is -0.376 e. The molecule has 2 aromatic rings. The van der Waals surface area contributed by atoms with Crippen LogP contribution in [0.2, 0.25) is 0 Å². The quantitative estimate of drug-likeness (QED) is 0.882. The predicted octanol–water partition coefficient (Wildman–Crippen LogP) is 4.46. The fourth-order valence-corrected chi connectivity index (χ4v) is 4.24. The van der Waals surface area contributed by atoms with Crippen LogP contribution in [0.25, 0.3) is 10.1 Å². The van der Waals surface area contributed by atoms with E-state index in [0.29, 0.717) is 13.2 Å². The highest BCUT2D eigenvalue weighted by Crippen LogP contribution is 2.32. The van der Waals surface area contributed by atoms with Gasteiger partial charge < -0.3 is 10.5 Å². The van der Waals surface area contributed by atoms with Crippen molar-refractivity contribution in [1.82, 2.24) is 0 Å². The molecule has 108 valence electrons. The van der Waals surface area contributed by atoms with Crippen LogP contribution in [-0.2, 0) is 17.9 Å². The molecule has 0 unspecified atom stereocenters. The van der Waals surface area contributed by atoms with E-state index in [4.69, 9.17) is 10.5 Å². The van der Waals surface area contributed by atoms with E-state index in [1.54, 1.807) is 11.3 Å². The summed E-state index contributed by atoms with van der Waals surface area (Å²) in [5.74, 6) is 0.773. The molecule has 1 aliphatic rings. The molecule has 1 fully saturated rings. The van der Waals surface area contributed by atoms with Gasteiger partial charge in [0.05, 0.1) is 6.61 Å². The molecule has 0 aliphatic heterocycles. The lowest BCUT2D eigenvalue weighted by atomic mass is 9.90. The highest BCUT2D eigenvalue weighted by molar-refractivity contribution is 7.19. The van der Waals surface area contributed by atoms with E-state index in [1.807, 2.05) is 0 Å². The van der Waals surface area contributed by atoms with Crippen molar-refractivity contribution in [3.63, 3.8) is 0 Å². The number of hydrogen-bond donors (Lipinski definition) is 1. The van der Waals surface area contributed by atoms with Crippen molar-refractivity contribution in [2.24, 2.45) is 11.7 Å². The first-order valence-corrected chi connectivity index (χ1v) is 8.47. The summed E-state index contributed by atoms with van der Waals surface area (Å²) in [6.45, 7) is 2.24. The monoisotopic (exact) mass is 289 g/mol. The average molecular weight is 289 g/mol. The minimum atomic E-state index is 0.613. The summed E-state index contributed by atoms with van der Waals surface area (Å²) in [5, 5.41) is 1.32. The third kappa shape index (κ3) is 3.05. The Morgan fingerprint density at radius 1 is 1.15 bits per heavy atom. The van der Waals surface area contributed by atoms with Crippen LogP contribution in [0.5, 0.6) is 0 Å².